The van der Waals surface area contributed by atoms with Crippen molar-refractivity contribution in [1.29, 1.82) is 0 Å². The first-order valence-electron chi connectivity index (χ1n) is 9.59. The van der Waals surface area contributed by atoms with Crippen LogP contribution in [0.15, 0.2) is 11.6 Å². The first-order valence-corrected chi connectivity index (χ1v) is 9.59. The van der Waals surface area contributed by atoms with Crippen molar-refractivity contribution in [3.8, 4) is 0 Å². The van der Waals surface area contributed by atoms with Crippen molar-refractivity contribution in [2.24, 2.45) is 28.6 Å². The van der Waals surface area contributed by atoms with Gasteiger partial charge in [-0.1, -0.05) is 6.92 Å². The van der Waals surface area contributed by atoms with E-state index in [2.05, 4.69) is 6.92 Å². The monoisotopic (exact) mass is 376 g/mol. The summed E-state index contributed by atoms with van der Waals surface area (Å²) < 4.78 is 22.3. The van der Waals surface area contributed by atoms with Crippen LogP contribution in [-0.4, -0.2) is 49.4 Å². The summed E-state index contributed by atoms with van der Waals surface area (Å²) >= 11 is 0. The summed E-state index contributed by atoms with van der Waals surface area (Å²) in [6.07, 6.45) is 1.87. The highest BCUT2D eigenvalue weighted by Gasteiger charge is 2.76. The zero-order chi connectivity index (χ0) is 19.3. The molecule has 3 heterocycles. The van der Waals surface area contributed by atoms with E-state index in [0.29, 0.717) is 12.8 Å². The van der Waals surface area contributed by atoms with Crippen molar-refractivity contribution < 1.29 is 33.3 Å². The Kier molecular flexibility index (Phi) is 3.27. The standard InChI is InChI=1S/C20H24O7/c1-8(17(22)24-4)14-9-5-11-15-19(2,18(23)26-11)7-12-16(25-12)20(15,3)10(9)6-13(21)27-14/h6,8-9,11-12,14-16H,5,7H2,1-4H3/t8-,9+,11-,12-,14-,15+,16-,19-,20+/m1/s1. The Morgan fingerprint density at radius 2 is 2.00 bits per heavy atom. The normalized spacial score (nSPS) is 50.3. The second-order valence-electron chi connectivity index (χ2n) is 9.08. The minimum absolute atomic E-state index is 0.0108. The second kappa shape index (κ2) is 5.13. The molecule has 4 fully saturated rings. The number of methoxy groups -OCH3 is 1. The smallest absolute Gasteiger partial charge is 0.331 e. The van der Waals surface area contributed by atoms with E-state index >= 15 is 0 Å². The third-order valence-corrected chi connectivity index (χ3v) is 7.72. The zero-order valence-corrected chi connectivity index (χ0v) is 15.9. The van der Waals surface area contributed by atoms with Gasteiger partial charge in [0.15, 0.2) is 0 Å². The van der Waals surface area contributed by atoms with Gasteiger partial charge in [0.05, 0.1) is 30.7 Å². The molecule has 0 unspecified atom stereocenters. The molecule has 5 aliphatic rings. The van der Waals surface area contributed by atoms with Gasteiger partial charge in [0.25, 0.3) is 0 Å². The van der Waals surface area contributed by atoms with Gasteiger partial charge in [0, 0.05) is 23.3 Å². The van der Waals surface area contributed by atoms with Crippen LogP contribution in [-0.2, 0) is 33.3 Å². The summed E-state index contributed by atoms with van der Waals surface area (Å²) in [6, 6.07) is 0. The van der Waals surface area contributed by atoms with E-state index in [9.17, 15) is 14.4 Å². The largest absolute Gasteiger partial charge is 0.469 e. The van der Waals surface area contributed by atoms with E-state index in [1.54, 1.807) is 13.0 Å². The third-order valence-electron chi connectivity index (χ3n) is 7.72. The lowest BCUT2D eigenvalue weighted by molar-refractivity contribution is -0.165. The first-order chi connectivity index (χ1) is 12.7. The molecule has 9 atom stereocenters. The van der Waals surface area contributed by atoms with Crippen LogP contribution >= 0.6 is 0 Å². The van der Waals surface area contributed by atoms with Crippen LogP contribution in [0.5, 0.6) is 0 Å². The fourth-order valence-electron chi connectivity index (χ4n) is 6.58. The minimum atomic E-state index is -0.632. The summed E-state index contributed by atoms with van der Waals surface area (Å²) in [5.41, 5.74) is -0.143. The molecular formula is C20H24O7. The molecule has 0 aromatic heterocycles. The summed E-state index contributed by atoms with van der Waals surface area (Å²) in [7, 11) is 1.33. The number of hydrogen-bond donors (Lipinski definition) is 0. The molecule has 0 amide bonds. The average Bonchev–Trinajstić information content (AvgIpc) is 3.35. The molecule has 0 bridgehead atoms. The Morgan fingerprint density at radius 3 is 2.70 bits per heavy atom. The summed E-state index contributed by atoms with van der Waals surface area (Å²) in [6.45, 7) is 5.77. The number of epoxide rings is 1. The van der Waals surface area contributed by atoms with Crippen LogP contribution in [0.2, 0.25) is 0 Å². The van der Waals surface area contributed by atoms with Crippen molar-refractivity contribution in [1.82, 2.24) is 0 Å². The fraction of sp³-hybridized carbons (Fsp3) is 0.750. The van der Waals surface area contributed by atoms with Crippen molar-refractivity contribution in [2.45, 2.75) is 58.0 Å². The van der Waals surface area contributed by atoms with Gasteiger partial charge >= 0.3 is 17.9 Å². The second-order valence-corrected chi connectivity index (χ2v) is 9.08. The molecule has 0 radical (unpaired) electrons. The SMILES string of the molecule is COC(=O)[C@H](C)[C@H]1OC(=O)C=C2[C@@H]1C[C@H]1OC(=O)[C@]3(C)C[C@H]4O[C@H]4[C@]2(C)[C@@H]13. The topological polar surface area (TPSA) is 91.4 Å². The number of esters is 3. The van der Waals surface area contributed by atoms with E-state index in [1.165, 1.54) is 7.11 Å². The lowest BCUT2D eigenvalue weighted by Gasteiger charge is -2.54. The number of ether oxygens (including phenoxy) is 4. The van der Waals surface area contributed by atoms with Crippen molar-refractivity contribution in [3.63, 3.8) is 0 Å². The molecule has 0 spiro atoms. The number of hydrogen-bond acceptors (Lipinski definition) is 7. The molecule has 0 aromatic carbocycles. The van der Waals surface area contributed by atoms with E-state index < -0.39 is 34.8 Å². The number of carbonyl (C=O) groups is 3. The van der Waals surface area contributed by atoms with Gasteiger partial charge in [-0.3, -0.25) is 9.59 Å². The molecule has 146 valence electrons. The van der Waals surface area contributed by atoms with Gasteiger partial charge in [-0.25, -0.2) is 4.79 Å². The predicted octanol–water partition coefficient (Wildman–Crippen LogP) is 1.39. The zero-order valence-electron chi connectivity index (χ0n) is 15.9. The third kappa shape index (κ3) is 1.98. The summed E-state index contributed by atoms with van der Waals surface area (Å²) in [4.78, 5) is 37.3. The van der Waals surface area contributed by atoms with Gasteiger partial charge < -0.3 is 18.9 Å². The minimum Gasteiger partial charge on any atom is -0.469 e. The molecular weight excluding hydrogens is 352 g/mol. The van der Waals surface area contributed by atoms with Crippen molar-refractivity contribution in [2.75, 3.05) is 7.11 Å². The Bertz CT molecular complexity index is 787. The number of fused-ring (bicyclic) bond motifs is 4. The maximum Gasteiger partial charge on any atom is 0.331 e. The summed E-state index contributed by atoms with van der Waals surface area (Å²) in [5.74, 6) is -1.88. The molecule has 0 aromatic rings. The van der Waals surface area contributed by atoms with E-state index in [0.717, 1.165) is 5.57 Å². The highest BCUT2D eigenvalue weighted by molar-refractivity contribution is 5.86. The Balaban J connectivity index is 1.62. The number of rotatable bonds is 2. The molecule has 7 nitrogen and oxygen atoms in total. The van der Waals surface area contributed by atoms with Crippen LogP contribution < -0.4 is 0 Å². The van der Waals surface area contributed by atoms with E-state index in [4.69, 9.17) is 18.9 Å². The average molecular weight is 376 g/mol. The van der Waals surface area contributed by atoms with Crippen LogP contribution in [0.3, 0.4) is 0 Å². The lowest BCUT2D eigenvalue weighted by Crippen LogP contribution is -2.59. The van der Waals surface area contributed by atoms with E-state index in [1.807, 2.05) is 6.92 Å². The van der Waals surface area contributed by atoms with Crippen LogP contribution in [0, 0.1) is 28.6 Å². The lowest BCUT2D eigenvalue weighted by atomic mass is 9.47. The van der Waals surface area contributed by atoms with Gasteiger partial charge in [-0.05, 0) is 32.3 Å². The molecule has 3 aliphatic heterocycles. The van der Waals surface area contributed by atoms with Gasteiger partial charge in [0.1, 0.15) is 12.2 Å². The van der Waals surface area contributed by atoms with Gasteiger partial charge in [0.2, 0.25) is 0 Å². The van der Waals surface area contributed by atoms with Crippen LogP contribution in [0.1, 0.15) is 33.6 Å². The molecule has 2 aliphatic carbocycles. The highest BCUT2D eigenvalue weighted by Crippen LogP contribution is 2.70. The number of cyclic esters (lactones) is 1. The number of carbonyl (C=O) groups excluding carboxylic acids is 3. The predicted molar refractivity (Wildman–Crippen MR) is 90.1 cm³/mol. The Labute approximate surface area is 157 Å². The maximum absolute atomic E-state index is 12.7. The molecule has 2 saturated carbocycles. The maximum atomic E-state index is 12.7. The quantitative estimate of drug-likeness (QED) is 0.409. The summed E-state index contributed by atoms with van der Waals surface area (Å²) in [5, 5.41) is 0. The molecule has 5 rings (SSSR count). The first kappa shape index (κ1) is 17.2. The Morgan fingerprint density at radius 1 is 1.26 bits per heavy atom. The van der Waals surface area contributed by atoms with Crippen molar-refractivity contribution in [3.05, 3.63) is 11.6 Å². The van der Waals surface area contributed by atoms with Crippen LogP contribution in [0.25, 0.3) is 0 Å². The van der Waals surface area contributed by atoms with Crippen molar-refractivity contribution >= 4 is 17.9 Å². The molecule has 7 heteroatoms. The molecule has 2 saturated heterocycles. The van der Waals surface area contributed by atoms with E-state index in [-0.39, 0.29) is 36.1 Å². The highest BCUT2D eigenvalue weighted by atomic mass is 16.6. The molecule has 27 heavy (non-hydrogen) atoms. The van der Waals surface area contributed by atoms with Gasteiger partial charge in [-0.2, -0.15) is 0 Å². The Hall–Kier alpha value is -1.89. The molecule has 0 N–H and O–H groups in total. The van der Waals surface area contributed by atoms with Crippen LogP contribution in [0.4, 0.5) is 0 Å². The van der Waals surface area contributed by atoms with Gasteiger partial charge in [-0.15, -0.1) is 0 Å². The fourth-order valence-corrected chi connectivity index (χ4v) is 6.58.